The number of furan rings is 1. The molecule has 0 aromatic carbocycles. The van der Waals surface area contributed by atoms with E-state index >= 15 is 0 Å². The molecule has 0 saturated heterocycles. The van der Waals surface area contributed by atoms with Gasteiger partial charge in [0.1, 0.15) is 17.5 Å². The Bertz CT molecular complexity index is 972. The van der Waals surface area contributed by atoms with Crippen molar-refractivity contribution in [2.24, 2.45) is 0 Å². The summed E-state index contributed by atoms with van der Waals surface area (Å²) >= 11 is 1.36. The zero-order valence-corrected chi connectivity index (χ0v) is 15.0. The van der Waals surface area contributed by atoms with Crippen molar-refractivity contribution in [3.05, 3.63) is 39.1 Å². The van der Waals surface area contributed by atoms with Crippen LogP contribution in [0.3, 0.4) is 0 Å². The average molecular weight is 362 g/mol. The highest BCUT2D eigenvalue weighted by Crippen LogP contribution is 2.23. The first kappa shape index (κ1) is 17.3. The van der Waals surface area contributed by atoms with Crippen LogP contribution in [-0.2, 0) is 11.3 Å². The number of carbonyl (C=O) groups excluding carboxylic acids is 1. The minimum atomic E-state index is -0.431. The molecule has 3 rings (SSSR count). The van der Waals surface area contributed by atoms with Crippen molar-refractivity contribution in [1.82, 2.24) is 14.5 Å². The van der Waals surface area contributed by atoms with Crippen molar-refractivity contribution < 1.29 is 13.9 Å². The van der Waals surface area contributed by atoms with Crippen LogP contribution in [-0.4, -0.2) is 34.2 Å². The van der Waals surface area contributed by atoms with Gasteiger partial charge in [0.25, 0.3) is 11.5 Å². The van der Waals surface area contributed by atoms with Crippen molar-refractivity contribution in [3.63, 3.8) is 0 Å². The number of hydrogen-bond donors (Lipinski definition) is 1. The van der Waals surface area contributed by atoms with Gasteiger partial charge >= 0.3 is 0 Å². The molecule has 0 unspecified atom stereocenters. The van der Waals surface area contributed by atoms with E-state index < -0.39 is 5.91 Å². The van der Waals surface area contributed by atoms with Crippen LogP contribution >= 0.6 is 11.3 Å². The number of ether oxygens (including phenoxy) is 1. The fraction of sp³-hybridized carbons (Fsp3) is 0.375. The van der Waals surface area contributed by atoms with Crippen LogP contribution in [0.5, 0.6) is 0 Å². The molecule has 0 aliphatic heterocycles. The van der Waals surface area contributed by atoms with Gasteiger partial charge in [-0.25, -0.2) is 9.97 Å². The number of aryl methyl sites for hydroxylation is 3. The molecule has 9 heteroatoms. The Kier molecular flexibility index (Phi) is 4.95. The summed E-state index contributed by atoms with van der Waals surface area (Å²) in [6, 6.07) is 0. The Labute approximate surface area is 147 Å². The molecule has 0 atom stereocenters. The maximum atomic E-state index is 12.7. The van der Waals surface area contributed by atoms with E-state index in [9.17, 15) is 9.59 Å². The van der Waals surface area contributed by atoms with Gasteiger partial charge in [0, 0.05) is 31.3 Å². The second-order valence-electron chi connectivity index (χ2n) is 5.53. The van der Waals surface area contributed by atoms with Crippen molar-refractivity contribution in [3.8, 4) is 0 Å². The number of thiazole rings is 1. The highest BCUT2D eigenvalue weighted by atomic mass is 32.1. The van der Waals surface area contributed by atoms with Gasteiger partial charge in [-0.3, -0.25) is 19.5 Å². The third-order valence-electron chi connectivity index (χ3n) is 3.67. The van der Waals surface area contributed by atoms with Gasteiger partial charge in [0.15, 0.2) is 5.13 Å². The molecule has 0 saturated carbocycles. The molecule has 0 aliphatic carbocycles. The Morgan fingerprint density at radius 1 is 1.40 bits per heavy atom. The van der Waals surface area contributed by atoms with Crippen LogP contribution in [0, 0.1) is 13.8 Å². The predicted octanol–water partition coefficient (Wildman–Crippen LogP) is 2.35. The Morgan fingerprint density at radius 3 is 2.88 bits per heavy atom. The van der Waals surface area contributed by atoms with Crippen molar-refractivity contribution in [2.75, 3.05) is 19.0 Å². The number of anilines is 1. The van der Waals surface area contributed by atoms with Crippen molar-refractivity contribution in [1.29, 1.82) is 0 Å². The second kappa shape index (κ2) is 7.16. The van der Waals surface area contributed by atoms with Crippen LogP contribution in [0.1, 0.15) is 27.4 Å². The first-order valence-electron chi connectivity index (χ1n) is 7.72. The van der Waals surface area contributed by atoms with E-state index in [-0.39, 0.29) is 22.2 Å². The second-order valence-corrected chi connectivity index (χ2v) is 6.77. The van der Waals surface area contributed by atoms with Crippen LogP contribution in [0.25, 0.3) is 11.1 Å². The number of hydrogen-bond acceptors (Lipinski definition) is 7. The number of carbonyl (C=O) groups is 1. The summed E-state index contributed by atoms with van der Waals surface area (Å²) in [6.07, 6.45) is 3.76. The molecule has 3 aromatic heterocycles. The third kappa shape index (κ3) is 3.47. The van der Waals surface area contributed by atoms with Crippen molar-refractivity contribution >= 4 is 33.5 Å². The van der Waals surface area contributed by atoms with Crippen LogP contribution in [0.15, 0.2) is 21.7 Å². The van der Waals surface area contributed by atoms with Crippen LogP contribution in [0.2, 0.25) is 0 Å². The summed E-state index contributed by atoms with van der Waals surface area (Å²) in [6.45, 7) is 4.52. The lowest BCUT2D eigenvalue weighted by molar-refractivity contribution is 0.102. The Hall–Kier alpha value is -2.52. The van der Waals surface area contributed by atoms with E-state index in [1.165, 1.54) is 22.2 Å². The number of amides is 1. The first-order chi connectivity index (χ1) is 12.0. The number of nitrogens with one attached hydrogen (secondary N) is 1. The summed E-state index contributed by atoms with van der Waals surface area (Å²) in [5.41, 5.74) is 0.0471. The molecule has 0 fully saturated rings. The summed E-state index contributed by atoms with van der Waals surface area (Å²) in [4.78, 5) is 34.6. The lowest BCUT2D eigenvalue weighted by Gasteiger charge is -2.05. The van der Waals surface area contributed by atoms with E-state index in [2.05, 4.69) is 15.3 Å². The van der Waals surface area contributed by atoms with E-state index in [4.69, 9.17) is 9.15 Å². The van der Waals surface area contributed by atoms with E-state index in [1.54, 1.807) is 20.2 Å². The molecule has 0 spiro atoms. The van der Waals surface area contributed by atoms with E-state index in [0.29, 0.717) is 30.5 Å². The maximum absolute atomic E-state index is 12.7. The smallest absolute Gasteiger partial charge is 0.265 e. The number of nitrogens with zero attached hydrogens (tertiary/aromatic N) is 3. The van der Waals surface area contributed by atoms with Crippen molar-refractivity contribution in [2.45, 2.75) is 26.8 Å². The van der Waals surface area contributed by atoms with E-state index in [0.717, 1.165) is 4.88 Å². The lowest BCUT2D eigenvalue weighted by atomic mass is 10.2. The van der Waals surface area contributed by atoms with Gasteiger partial charge in [-0.2, -0.15) is 0 Å². The molecule has 3 heterocycles. The van der Waals surface area contributed by atoms with Gasteiger partial charge in [-0.15, -0.1) is 11.3 Å². The van der Waals surface area contributed by atoms with Crippen LogP contribution in [0.4, 0.5) is 5.13 Å². The highest BCUT2D eigenvalue weighted by molar-refractivity contribution is 7.15. The van der Waals surface area contributed by atoms with Crippen LogP contribution < -0.4 is 10.9 Å². The Balaban J connectivity index is 1.99. The molecule has 25 heavy (non-hydrogen) atoms. The van der Waals surface area contributed by atoms with Gasteiger partial charge < -0.3 is 9.15 Å². The molecule has 132 valence electrons. The largest absolute Gasteiger partial charge is 0.442 e. The number of fused-ring (bicyclic) bond motifs is 1. The minimum Gasteiger partial charge on any atom is -0.442 e. The molecule has 0 bridgehead atoms. The average Bonchev–Trinajstić information content (AvgIpc) is 3.12. The number of aromatic nitrogens is 3. The molecule has 0 radical (unpaired) electrons. The number of rotatable bonds is 6. The summed E-state index contributed by atoms with van der Waals surface area (Å²) in [7, 11) is 1.60. The summed E-state index contributed by atoms with van der Waals surface area (Å²) < 4.78 is 12.0. The maximum Gasteiger partial charge on any atom is 0.265 e. The normalized spacial score (nSPS) is 11.2. The third-order valence-corrected chi connectivity index (χ3v) is 4.50. The zero-order chi connectivity index (χ0) is 18.0. The molecular formula is C16H18N4O4S. The van der Waals surface area contributed by atoms with E-state index in [1.807, 2.05) is 6.92 Å². The lowest BCUT2D eigenvalue weighted by Crippen LogP contribution is -2.23. The molecule has 1 amide bonds. The summed E-state index contributed by atoms with van der Waals surface area (Å²) in [5, 5.41) is 3.37. The molecule has 0 aliphatic rings. The monoisotopic (exact) mass is 362 g/mol. The molecule has 1 N–H and O–H groups in total. The quantitative estimate of drug-likeness (QED) is 0.676. The van der Waals surface area contributed by atoms with Gasteiger partial charge in [-0.1, -0.05) is 0 Å². The fourth-order valence-corrected chi connectivity index (χ4v) is 3.18. The van der Waals surface area contributed by atoms with Gasteiger partial charge in [-0.05, 0) is 20.3 Å². The Morgan fingerprint density at radius 2 is 2.20 bits per heavy atom. The van der Waals surface area contributed by atoms with Gasteiger partial charge in [0.05, 0.1) is 5.56 Å². The first-order valence-corrected chi connectivity index (χ1v) is 8.54. The fourth-order valence-electron chi connectivity index (χ4n) is 2.52. The topological polar surface area (TPSA) is 99.2 Å². The summed E-state index contributed by atoms with van der Waals surface area (Å²) in [5.74, 6) is -0.0841. The number of methoxy groups -OCH3 is 1. The molecular weight excluding hydrogens is 344 g/mol. The predicted molar refractivity (Wildman–Crippen MR) is 94.3 cm³/mol. The SMILES string of the molecule is COCCCn1cnc2oc(C)c(C(=O)Nc3ncc(C)s3)c2c1=O. The molecule has 8 nitrogen and oxygen atoms in total. The minimum absolute atomic E-state index is 0.158. The standard InChI is InChI=1S/C16H18N4O4S/c1-9-7-17-16(25-9)19-13(21)11-10(2)24-14-12(11)15(22)20(8-18-14)5-4-6-23-3/h7-8H,4-6H2,1-3H3,(H,17,19,21). The molecule has 3 aromatic rings. The van der Waals surface area contributed by atoms with Gasteiger partial charge in [0.2, 0.25) is 5.71 Å². The zero-order valence-electron chi connectivity index (χ0n) is 14.2. The highest BCUT2D eigenvalue weighted by Gasteiger charge is 2.23.